The van der Waals surface area contributed by atoms with Gasteiger partial charge >= 0.3 is 0 Å². The molecule has 86 valence electrons. The number of rotatable bonds is 7. The van der Waals surface area contributed by atoms with Gasteiger partial charge in [0, 0.05) is 30.9 Å². The van der Waals surface area contributed by atoms with Crippen LogP contribution < -0.4 is 0 Å². The second kappa shape index (κ2) is 6.85. The monoisotopic (exact) mass is 229 g/mol. The molecule has 1 aromatic rings. The Morgan fingerprint density at radius 1 is 1.40 bits per heavy atom. The minimum absolute atomic E-state index is 0.573. The SMILES string of the molecule is CC(C)N(CCCCl)CCn1cccn1. The van der Waals surface area contributed by atoms with Crippen LogP contribution in [0, 0.1) is 0 Å². The van der Waals surface area contributed by atoms with Crippen LogP contribution in [-0.4, -0.2) is 39.7 Å². The van der Waals surface area contributed by atoms with Crippen molar-refractivity contribution in [1.29, 1.82) is 0 Å². The Labute approximate surface area is 97.0 Å². The lowest BCUT2D eigenvalue weighted by Gasteiger charge is -2.25. The summed E-state index contributed by atoms with van der Waals surface area (Å²) in [5, 5.41) is 4.19. The van der Waals surface area contributed by atoms with E-state index in [9.17, 15) is 0 Å². The number of alkyl halides is 1. The van der Waals surface area contributed by atoms with E-state index in [1.807, 2.05) is 23.1 Å². The largest absolute Gasteiger partial charge is 0.299 e. The Kier molecular flexibility index (Phi) is 5.73. The number of aromatic nitrogens is 2. The van der Waals surface area contributed by atoms with E-state index in [0.29, 0.717) is 6.04 Å². The Morgan fingerprint density at radius 2 is 2.20 bits per heavy atom. The maximum Gasteiger partial charge on any atom is 0.0536 e. The van der Waals surface area contributed by atoms with Crippen molar-refractivity contribution < 1.29 is 0 Å². The Hall–Kier alpha value is -0.540. The van der Waals surface area contributed by atoms with Gasteiger partial charge in [-0.1, -0.05) is 0 Å². The lowest BCUT2D eigenvalue weighted by molar-refractivity contribution is 0.211. The molecular weight excluding hydrogens is 210 g/mol. The van der Waals surface area contributed by atoms with Gasteiger partial charge in [0.05, 0.1) is 6.54 Å². The molecule has 0 amide bonds. The Morgan fingerprint density at radius 3 is 2.73 bits per heavy atom. The molecule has 0 saturated carbocycles. The summed E-state index contributed by atoms with van der Waals surface area (Å²) in [5.41, 5.74) is 0. The van der Waals surface area contributed by atoms with Crippen molar-refractivity contribution in [2.75, 3.05) is 19.0 Å². The standard InChI is InChI=1S/C11H20ClN3/c1-11(2)14(7-3-5-12)9-10-15-8-4-6-13-15/h4,6,8,11H,3,5,7,9-10H2,1-2H3. The third kappa shape index (κ3) is 4.67. The Balaban J connectivity index is 2.31. The van der Waals surface area contributed by atoms with Crippen LogP contribution in [0.25, 0.3) is 0 Å². The van der Waals surface area contributed by atoms with E-state index in [2.05, 4.69) is 23.8 Å². The highest BCUT2D eigenvalue weighted by Crippen LogP contribution is 2.01. The van der Waals surface area contributed by atoms with Gasteiger partial charge in [-0.25, -0.2) is 0 Å². The van der Waals surface area contributed by atoms with Gasteiger partial charge in [0.15, 0.2) is 0 Å². The average Bonchev–Trinajstić information content (AvgIpc) is 2.70. The summed E-state index contributed by atoms with van der Waals surface area (Å²) in [5.74, 6) is 0.741. The topological polar surface area (TPSA) is 21.1 Å². The summed E-state index contributed by atoms with van der Waals surface area (Å²) in [6.45, 7) is 7.50. The number of nitrogens with zero attached hydrogens (tertiary/aromatic N) is 3. The molecule has 0 radical (unpaired) electrons. The lowest BCUT2D eigenvalue weighted by atomic mass is 10.3. The second-order valence-electron chi connectivity index (χ2n) is 3.94. The van der Waals surface area contributed by atoms with E-state index in [4.69, 9.17) is 11.6 Å². The summed E-state index contributed by atoms with van der Waals surface area (Å²) >= 11 is 5.71. The predicted octanol–water partition coefficient (Wildman–Crippen LogP) is 2.22. The van der Waals surface area contributed by atoms with Gasteiger partial charge in [-0.3, -0.25) is 9.58 Å². The molecule has 0 atom stereocenters. The molecule has 0 N–H and O–H groups in total. The van der Waals surface area contributed by atoms with Crippen LogP contribution in [0.4, 0.5) is 0 Å². The van der Waals surface area contributed by atoms with E-state index < -0.39 is 0 Å². The summed E-state index contributed by atoms with van der Waals surface area (Å²) in [6.07, 6.45) is 4.87. The van der Waals surface area contributed by atoms with Crippen molar-refractivity contribution in [2.45, 2.75) is 32.9 Å². The van der Waals surface area contributed by atoms with Gasteiger partial charge in [0.2, 0.25) is 0 Å². The number of hydrogen-bond acceptors (Lipinski definition) is 2. The maximum atomic E-state index is 5.71. The van der Waals surface area contributed by atoms with Gasteiger partial charge in [0.25, 0.3) is 0 Å². The maximum absolute atomic E-state index is 5.71. The fourth-order valence-corrected chi connectivity index (χ4v) is 1.67. The zero-order valence-electron chi connectivity index (χ0n) is 9.56. The molecule has 4 heteroatoms. The molecule has 0 spiro atoms. The second-order valence-corrected chi connectivity index (χ2v) is 4.32. The number of halogens is 1. The molecule has 3 nitrogen and oxygen atoms in total. The van der Waals surface area contributed by atoms with Crippen molar-refractivity contribution in [1.82, 2.24) is 14.7 Å². The van der Waals surface area contributed by atoms with Gasteiger partial charge in [-0.2, -0.15) is 5.10 Å². The van der Waals surface area contributed by atoms with Crippen LogP contribution in [0.3, 0.4) is 0 Å². The summed E-state index contributed by atoms with van der Waals surface area (Å²) < 4.78 is 1.97. The molecule has 1 heterocycles. The van der Waals surface area contributed by atoms with E-state index in [1.54, 1.807) is 0 Å². The van der Waals surface area contributed by atoms with Gasteiger partial charge in [-0.15, -0.1) is 11.6 Å². The first kappa shape index (κ1) is 12.5. The van der Waals surface area contributed by atoms with Gasteiger partial charge in [-0.05, 0) is 32.9 Å². The fourth-order valence-electron chi connectivity index (χ4n) is 1.55. The highest BCUT2D eigenvalue weighted by Gasteiger charge is 2.08. The van der Waals surface area contributed by atoms with Crippen molar-refractivity contribution >= 4 is 11.6 Å². The molecule has 15 heavy (non-hydrogen) atoms. The highest BCUT2D eigenvalue weighted by molar-refractivity contribution is 6.17. The fraction of sp³-hybridized carbons (Fsp3) is 0.727. The first-order valence-corrected chi connectivity index (χ1v) is 6.05. The molecule has 0 aliphatic carbocycles. The average molecular weight is 230 g/mol. The summed E-state index contributed by atoms with van der Waals surface area (Å²) in [4.78, 5) is 2.43. The molecule has 0 aliphatic heterocycles. The van der Waals surface area contributed by atoms with E-state index in [0.717, 1.165) is 31.9 Å². The van der Waals surface area contributed by atoms with E-state index in [1.165, 1.54) is 0 Å². The zero-order valence-corrected chi connectivity index (χ0v) is 10.3. The van der Waals surface area contributed by atoms with Crippen LogP contribution in [-0.2, 0) is 6.54 Å². The first-order valence-electron chi connectivity index (χ1n) is 5.51. The summed E-state index contributed by atoms with van der Waals surface area (Å²) in [6, 6.07) is 2.53. The van der Waals surface area contributed by atoms with E-state index >= 15 is 0 Å². The summed E-state index contributed by atoms with van der Waals surface area (Å²) in [7, 11) is 0. The van der Waals surface area contributed by atoms with Crippen molar-refractivity contribution in [3.8, 4) is 0 Å². The molecule has 0 fully saturated rings. The van der Waals surface area contributed by atoms with Gasteiger partial charge in [0.1, 0.15) is 0 Å². The molecular formula is C11H20ClN3. The Bertz CT molecular complexity index is 246. The molecule has 0 unspecified atom stereocenters. The minimum Gasteiger partial charge on any atom is -0.299 e. The van der Waals surface area contributed by atoms with Crippen molar-refractivity contribution in [2.24, 2.45) is 0 Å². The zero-order chi connectivity index (χ0) is 11.1. The predicted molar refractivity (Wildman–Crippen MR) is 64.3 cm³/mol. The smallest absolute Gasteiger partial charge is 0.0536 e. The van der Waals surface area contributed by atoms with Crippen LogP contribution in [0.5, 0.6) is 0 Å². The van der Waals surface area contributed by atoms with E-state index in [-0.39, 0.29) is 0 Å². The van der Waals surface area contributed by atoms with Crippen molar-refractivity contribution in [3.05, 3.63) is 18.5 Å². The third-order valence-corrected chi connectivity index (χ3v) is 2.75. The van der Waals surface area contributed by atoms with Crippen LogP contribution >= 0.6 is 11.6 Å². The van der Waals surface area contributed by atoms with Gasteiger partial charge < -0.3 is 0 Å². The minimum atomic E-state index is 0.573. The molecule has 0 saturated heterocycles. The molecule has 0 aliphatic rings. The molecule has 1 aromatic heterocycles. The van der Waals surface area contributed by atoms with Crippen LogP contribution in [0.1, 0.15) is 20.3 Å². The van der Waals surface area contributed by atoms with Crippen LogP contribution in [0.15, 0.2) is 18.5 Å². The molecule has 0 aromatic carbocycles. The third-order valence-electron chi connectivity index (χ3n) is 2.48. The lowest BCUT2D eigenvalue weighted by Crippen LogP contribution is -2.35. The van der Waals surface area contributed by atoms with Crippen molar-refractivity contribution in [3.63, 3.8) is 0 Å². The normalized spacial score (nSPS) is 11.5. The highest BCUT2D eigenvalue weighted by atomic mass is 35.5. The molecule has 1 rings (SSSR count). The number of hydrogen-bond donors (Lipinski definition) is 0. The quantitative estimate of drug-likeness (QED) is 0.669. The molecule has 0 bridgehead atoms. The first-order chi connectivity index (χ1) is 7.24. The van der Waals surface area contributed by atoms with Crippen LogP contribution in [0.2, 0.25) is 0 Å².